The van der Waals surface area contributed by atoms with Crippen LogP contribution in [0.3, 0.4) is 0 Å². The van der Waals surface area contributed by atoms with E-state index in [4.69, 9.17) is 17.3 Å². The van der Waals surface area contributed by atoms with E-state index in [1.54, 1.807) is 19.1 Å². The van der Waals surface area contributed by atoms with Crippen LogP contribution in [0.25, 0.3) is 0 Å². The fourth-order valence-corrected chi connectivity index (χ4v) is 5.67. The topological polar surface area (TPSA) is 122 Å². The van der Waals surface area contributed by atoms with Crippen molar-refractivity contribution in [2.45, 2.75) is 37.9 Å². The number of fused-ring (bicyclic) bond motifs is 4. The lowest BCUT2D eigenvalue weighted by molar-refractivity contribution is -0.143. The zero-order valence-electron chi connectivity index (χ0n) is 17.9. The van der Waals surface area contributed by atoms with E-state index in [9.17, 15) is 19.2 Å². The quantitative estimate of drug-likeness (QED) is 0.580. The van der Waals surface area contributed by atoms with Crippen LogP contribution >= 0.6 is 11.6 Å². The molecule has 4 atom stereocenters. The highest BCUT2D eigenvalue weighted by atomic mass is 35.5. The summed E-state index contributed by atoms with van der Waals surface area (Å²) in [5, 5.41) is 6.66. The Kier molecular flexibility index (Phi) is 5.02. The molecular weight excluding hydrogens is 444 g/mol. The summed E-state index contributed by atoms with van der Waals surface area (Å²) in [7, 11) is 0. The number of rotatable bonds is 5. The molecule has 3 aliphatic rings. The van der Waals surface area contributed by atoms with Crippen LogP contribution in [0.15, 0.2) is 42.5 Å². The summed E-state index contributed by atoms with van der Waals surface area (Å²) in [6, 6.07) is 12.1. The lowest BCUT2D eigenvalue weighted by Gasteiger charge is -2.29. The van der Waals surface area contributed by atoms with E-state index in [2.05, 4.69) is 10.6 Å². The average molecular weight is 467 g/mol. The van der Waals surface area contributed by atoms with E-state index in [-0.39, 0.29) is 25.3 Å². The van der Waals surface area contributed by atoms with Crippen LogP contribution in [-0.2, 0) is 31.3 Å². The van der Waals surface area contributed by atoms with Gasteiger partial charge >= 0.3 is 0 Å². The summed E-state index contributed by atoms with van der Waals surface area (Å²) >= 11 is 6.27. The molecule has 4 amide bonds. The molecule has 33 heavy (non-hydrogen) atoms. The van der Waals surface area contributed by atoms with Gasteiger partial charge in [0.15, 0.2) is 0 Å². The molecule has 3 heterocycles. The molecule has 9 heteroatoms. The molecule has 2 saturated heterocycles. The number of imide groups is 1. The Hall–Kier alpha value is -3.23. The number of carbonyl (C=O) groups excluding carboxylic acids is 4. The van der Waals surface area contributed by atoms with Gasteiger partial charge in [-0.1, -0.05) is 48.0 Å². The molecule has 0 unspecified atom stereocenters. The van der Waals surface area contributed by atoms with Crippen molar-refractivity contribution in [1.29, 1.82) is 0 Å². The third-order valence-electron chi connectivity index (χ3n) is 7.06. The largest absolute Gasteiger partial charge is 0.370 e. The van der Waals surface area contributed by atoms with Crippen LogP contribution in [0, 0.1) is 18.8 Å². The third-order valence-corrected chi connectivity index (χ3v) is 7.47. The second-order valence-corrected chi connectivity index (χ2v) is 9.27. The van der Waals surface area contributed by atoms with Crippen LogP contribution in [0.2, 0.25) is 5.02 Å². The summed E-state index contributed by atoms with van der Waals surface area (Å²) in [6.07, 6.45) is 0.275. The maximum Gasteiger partial charge on any atom is 0.250 e. The molecule has 0 radical (unpaired) electrons. The van der Waals surface area contributed by atoms with E-state index < -0.39 is 41.1 Å². The highest BCUT2D eigenvalue weighted by molar-refractivity contribution is 6.32. The molecule has 4 N–H and O–H groups in total. The first kappa shape index (κ1) is 21.6. The first-order valence-corrected chi connectivity index (χ1v) is 11.2. The molecule has 0 saturated carbocycles. The number of primary amides is 1. The zero-order valence-corrected chi connectivity index (χ0v) is 18.7. The Morgan fingerprint density at radius 3 is 2.55 bits per heavy atom. The first-order valence-electron chi connectivity index (χ1n) is 10.8. The van der Waals surface area contributed by atoms with E-state index in [0.717, 1.165) is 5.56 Å². The lowest BCUT2D eigenvalue weighted by Crippen LogP contribution is -2.53. The minimum atomic E-state index is -1.42. The predicted molar refractivity (Wildman–Crippen MR) is 121 cm³/mol. The van der Waals surface area contributed by atoms with Crippen molar-refractivity contribution < 1.29 is 19.2 Å². The van der Waals surface area contributed by atoms with Crippen molar-refractivity contribution in [3.63, 3.8) is 0 Å². The van der Waals surface area contributed by atoms with Crippen LogP contribution in [0.1, 0.15) is 29.5 Å². The van der Waals surface area contributed by atoms with Crippen molar-refractivity contribution in [2.24, 2.45) is 17.6 Å². The Morgan fingerprint density at radius 2 is 1.85 bits per heavy atom. The predicted octanol–water partition coefficient (Wildman–Crippen LogP) is 1.83. The Bertz CT molecular complexity index is 1200. The minimum absolute atomic E-state index is 0.0330. The van der Waals surface area contributed by atoms with Crippen molar-refractivity contribution >= 4 is 40.9 Å². The van der Waals surface area contributed by atoms with E-state index in [0.29, 0.717) is 21.8 Å². The molecule has 0 bridgehead atoms. The summed E-state index contributed by atoms with van der Waals surface area (Å²) in [6.45, 7) is 1.92. The Balaban J connectivity index is 1.61. The number of hydrogen-bond donors (Lipinski definition) is 3. The summed E-state index contributed by atoms with van der Waals surface area (Å²) < 4.78 is 0. The molecule has 0 aromatic heterocycles. The highest BCUT2D eigenvalue weighted by Crippen LogP contribution is 2.54. The van der Waals surface area contributed by atoms with E-state index in [1.165, 1.54) is 4.90 Å². The van der Waals surface area contributed by atoms with Crippen molar-refractivity contribution in [3.05, 3.63) is 64.2 Å². The van der Waals surface area contributed by atoms with Gasteiger partial charge in [0, 0.05) is 23.0 Å². The Labute approximate surface area is 195 Å². The highest BCUT2D eigenvalue weighted by Gasteiger charge is 2.70. The lowest BCUT2D eigenvalue weighted by atomic mass is 9.76. The van der Waals surface area contributed by atoms with Crippen molar-refractivity contribution in [1.82, 2.24) is 10.2 Å². The molecule has 8 nitrogen and oxygen atoms in total. The van der Waals surface area contributed by atoms with Crippen LogP contribution in [0.4, 0.5) is 5.69 Å². The number of hydrogen-bond acceptors (Lipinski definition) is 5. The number of benzene rings is 2. The van der Waals surface area contributed by atoms with Gasteiger partial charge < -0.3 is 11.1 Å². The second kappa shape index (κ2) is 7.67. The first-order chi connectivity index (χ1) is 15.8. The molecule has 2 fully saturated rings. The molecular formula is C24H23ClN4O4. The molecule has 3 aliphatic heterocycles. The van der Waals surface area contributed by atoms with Gasteiger partial charge in [-0.3, -0.25) is 29.4 Å². The summed E-state index contributed by atoms with van der Waals surface area (Å²) in [5.74, 6) is -3.38. The molecule has 0 aliphatic carbocycles. The van der Waals surface area contributed by atoms with Gasteiger partial charge in [0.25, 0.3) is 0 Å². The standard InChI is InChI=1S/C24H23ClN4O4/c1-12-15(25)8-7-14-20(12)27-23(33)24(14)19-18(16(28-24)9-10-17(26)30)21(31)29(22(19)32)11-13-5-3-2-4-6-13/h2-8,16,18-19,28H,9-11H2,1H3,(H2,26,30)(H,27,33)/t16-,18+,19-,24-/m0/s1. The van der Waals surface area contributed by atoms with Gasteiger partial charge in [-0.15, -0.1) is 0 Å². The molecule has 170 valence electrons. The number of halogens is 1. The maximum absolute atomic E-state index is 13.7. The number of likely N-dealkylation sites (tertiary alicyclic amines) is 1. The average Bonchev–Trinajstić information content (AvgIpc) is 3.37. The normalized spacial score (nSPS) is 27.8. The fraction of sp³-hybridized carbons (Fsp3) is 0.333. The van der Waals surface area contributed by atoms with Crippen molar-refractivity contribution in [3.8, 4) is 0 Å². The van der Waals surface area contributed by atoms with Gasteiger partial charge in [0.1, 0.15) is 5.54 Å². The second-order valence-electron chi connectivity index (χ2n) is 8.86. The van der Waals surface area contributed by atoms with Crippen LogP contribution in [0.5, 0.6) is 0 Å². The molecule has 2 aromatic rings. The number of nitrogens with one attached hydrogen (secondary N) is 2. The smallest absolute Gasteiger partial charge is 0.250 e. The van der Waals surface area contributed by atoms with Gasteiger partial charge in [0.05, 0.1) is 24.1 Å². The molecule has 5 rings (SSSR count). The zero-order chi connectivity index (χ0) is 23.5. The molecule has 1 spiro atoms. The van der Waals surface area contributed by atoms with Crippen LogP contribution < -0.4 is 16.4 Å². The van der Waals surface area contributed by atoms with E-state index in [1.807, 2.05) is 30.3 Å². The minimum Gasteiger partial charge on any atom is -0.370 e. The maximum atomic E-state index is 13.7. The van der Waals surface area contributed by atoms with Gasteiger partial charge in [-0.2, -0.15) is 0 Å². The van der Waals surface area contributed by atoms with Gasteiger partial charge in [-0.05, 0) is 30.5 Å². The number of nitrogens with zero attached hydrogens (tertiary/aromatic N) is 1. The number of amides is 4. The van der Waals surface area contributed by atoms with Crippen molar-refractivity contribution in [2.75, 3.05) is 5.32 Å². The number of anilines is 1. The van der Waals surface area contributed by atoms with Crippen LogP contribution in [-0.4, -0.2) is 34.6 Å². The molecule has 2 aromatic carbocycles. The SMILES string of the molecule is Cc1c(Cl)ccc2c1NC(=O)[C@]21N[C@@H](CCC(N)=O)[C@H]2C(=O)N(Cc3ccccc3)C(=O)[C@H]21. The monoisotopic (exact) mass is 466 g/mol. The van der Waals surface area contributed by atoms with Gasteiger partial charge in [0.2, 0.25) is 23.6 Å². The summed E-state index contributed by atoms with van der Waals surface area (Å²) in [5.41, 5.74) is 6.59. The third kappa shape index (κ3) is 3.08. The Morgan fingerprint density at radius 1 is 1.12 bits per heavy atom. The van der Waals surface area contributed by atoms with E-state index >= 15 is 0 Å². The number of nitrogens with two attached hydrogens (primary N) is 1. The van der Waals surface area contributed by atoms with Gasteiger partial charge in [-0.25, -0.2) is 0 Å². The number of carbonyl (C=O) groups is 4. The summed E-state index contributed by atoms with van der Waals surface area (Å²) in [4.78, 5) is 53.5. The fourth-order valence-electron chi connectivity index (χ4n) is 5.52.